The Morgan fingerprint density at radius 3 is 2.46 bits per heavy atom. The van der Waals surface area contributed by atoms with Gasteiger partial charge >= 0.3 is 5.97 Å². The van der Waals surface area contributed by atoms with Crippen molar-refractivity contribution in [1.82, 2.24) is 0 Å². The van der Waals surface area contributed by atoms with Crippen molar-refractivity contribution in [1.29, 1.82) is 5.26 Å². The van der Waals surface area contributed by atoms with Crippen molar-refractivity contribution in [3.8, 4) is 6.07 Å². The molecule has 0 bridgehead atoms. The SMILES string of the molecule is Cc1ccc(NC(=O)COC(=O)/C(C#N)=C/c2ccc(N(C)C)cc2)cc1F. The Morgan fingerprint density at radius 1 is 1.21 bits per heavy atom. The van der Waals surface area contributed by atoms with Gasteiger partial charge in [-0.2, -0.15) is 5.26 Å². The number of carbonyl (C=O) groups excluding carboxylic acids is 2. The molecule has 0 aliphatic rings. The first kappa shape index (κ1) is 20.6. The number of nitrogens with one attached hydrogen (secondary N) is 1. The van der Waals surface area contributed by atoms with Crippen molar-refractivity contribution < 1.29 is 18.7 Å². The second-order valence-electron chi connectivity index (χ2n) is 6.24. The summed E-state index contributed by atoms with van der Waals surface area (Å²) in [5.74, 6) is -2.00. The third kappa shape index (κ3) is 5.68. The Hall–Kier alpha value is -3.66. The van der Waals surface area contributed by atoms with Crippen LogP contribution >= 0.6 is 0 Å². The van der Waals surface area contributed by atoms with Gasteiger partial charge in [-0.1, -0.05) is 18.2 Å². The minimum absolute atomic E-state index is 0.230. The molecule has 0 unspecified atom stereocenters. The van der Waals surface area contributed by atoms with Crippen LogP contribution in [0.1, 0.15) is 11.1 Å². The van der Waals surface area contributed by atoms with E-state index in [4.69, 9.17) is 4.74 Å². The number of nitrogens with zero attached hydrogens (tertiary/aromatic N) is 2. The van der Waals surface area contributed by atoms with Crippen molar-refractivity contribution in [3.05, 3.63) is 65.0 Å². The van der Waals surface area contributed by atoms with E-state index in [1.54, 1.807) is 25.1 Å². The molecule has 6 nitrogen and oxygen atoms in total. The first-order valence-electron chi connectivity index (χ1n) is 8.42. The van der Waals surface area contributed by atoms with Crippen molar-refractivity contribution >= 4 is 29.3 Å². The zero-order chi connectivity index (χ0) is 20.7. The van der Waals surface area contributed by atoms with Crippen LogP contribution in [0.25, 0.3) is 6.08 Å². The lowest BCUT2D eigenvalue weighted by Crippen LogP contribution is -2.21. The summed E-state index contributed by atoms with van der Waals surface area (Å²) < 4.78 is 18.4. The van der Waals surface area contributed by atoms with E-state index >= 15 is 0 Å². The van der Waals surface area contributed by atoms with Gasteiger partial charge in [0.15, 0.2) is 6.61 Å². The van der Waals surface area contributed by atoms with E-state index in [-0.39, 0.29) is 11.3 Å². The van der Waals surface area contributed by atoms with Gasteiger partial charge in [0.1, 0.15) is 17.5 Å². The quantitative estimate of drug-likeness (QED) is 0.472. The zero-order valence-electron chi connectivity index (χ0n) is 15.8. The lowest BCUT2D eigenvalue weighted by atomic mass is 10.1. The first-order valence-corrected chi connectivity index (χ1v) is 8.42. The molecule has 2 rings (SSSR count). The van der Waals surface area contributed by atoms with Gasteiger partial charge < -0.3 is 15.0 Å². The number of nitriles is 1. The van der Waals surface area contributed by atoms with Crippen LogP contribution in [-0.2, 0) is 14.3 Å². The number of halogens is 1. The van der Waals surface area contributed by atoms with E-state index in [0.717, 1.165) is 5.69 Å². The third-order valence-corrected chi connectivity index (χ3v) is 3.85. The highest BCUT2D eigenvalue weighted by molar-refractivity contribution is 6.00. The number of esters is 1. The van der Waals surface area contributed by atoms with E-state index in [9.17, 15) is 19.2 Å². The van der Waals surface area contributed by atoms with Crippen LogP contribution in [0.4, 0.5) is 15.8 Å². The number of aryl methyl sites for hydroxylation is 1. The van der Waals surface area contributed by atoms with Gasteiger partial charge in [-0.15, -0.1) is 0 Å². The molecule has 1 amide bonds. The van der Waals surface area contributed by atoms with E-state index < -0.39 is 24.3 Å². The summed E-state index contributed by atoms with van der Waals surface area (Å²) in [6, 6.07) is 13.2. The normalized spacial score (nSPS) is 10.8. The summed E-state index contributed by atoms with van der Waals surface area (Å²) in [5, 5.41) is 11.6. The molecule has 0 aliphatic heterocycles. The number of anilines is 2. The second-order valence-corrected chi connectivity index (χ2v) is 6.24. The van der Waals surface area contributed by atoms with Gasteiger partial charge in [-0.3, -0.25) is 4.79 Å². The van der Waals surface area contributed by atoms with Crippen LogP contribution < -0.4 is 10.2 Å². The van der Waals surface area contributed by atoms with E-state index in [0.29, 0.717) is 11.1 Å². The van der Waals surface area contributed by atoms with E-state index in [2.05, 4.69) is 5.32 Å². The second kappa shape index (κ2) is 9.33. The molecule has 0 radical (unpaired) electrons. The Balaban J connectivity index is 1.96. The number of hydrogen-bond acceptors (Lipinski definition) is 5. The first-order chi connectivity index (χ1) is 13.3. The van der Waals surface area contributed by atoms with Gasteiger partial charge in [0, 0.05) is 25.5 Å². The largest absolute Gasteiger partial charge is 0.451 e. The van der Waals surface area contributed by atoms with Gasteiger partial charge in [0.25, 0.3) is 5.91 Å². The highest BCUT2D eigenvalue weighted by Crippen LogP contribution is 2.15. The minimum Gasteiger partial charge on any atom is -0.451 e. The lowest BCUT2D eigenvalue weighted by Gasteiger charge is -2.11. The van der Waals surface area contributed by atoms with Gasteiger partial charge in [-0.25, -0.2) is 9.18 Å². The number of ether oxygens (including phenoxy) is 1. The molecule has 1 N–H and O–H groups in total. The van der Waals surface area contributed by atoms with Crippen LogP contribution in [0, 0.1) is 24.1 Å². The van der Waals surface area contributed by atoms with Crippen molar-refractivity contribution in [3.63, 3.8) is 0 Å². The van der Waals surface area contributed by atoms with Crippen LogP contribution in [0.3, 0.4) is 0 Å². The molecule has 0 aromatic heterocycles. The predicted molar refractivity (Wildman–Crippen MR) is 105 cm³/mol. The van der Waals surface area contributed by atoms with E-state index in [1.807, 2.05) is 31.1 Å². The molecule has 144 valence electrons. The van der Waals surface area contributed by atoms with Gasteiger partial charge in [0.2, 0.25) is 0 Å². The summed E-state index contributed by atoms with van der Waals surface area (Å²) in [4.78, 5) is 25.8. The molecular weight excluding hydrogens is 361 g/mol. The summed E-state index contributed by atoms with van der Waals surface area (Å²) in [6.45, 7) is 1.01. The van der Waals surface area contributed by atoms with Gasteiger partial charge in [0.05, 0.1) is 0 Å². The van der Waals surface area contributed by atoms with E-state index in [1.165, 1.54) is 24.3 Å². The summed E-state index contributed by atoms with van der Waals surface area (Å²) in [5.41, 5.74) is 2.10. The molecule has 0 aliphatic carbocycles. The smallest absolute Gasteiger partial charge is 0.349 e. The molecular formula is C21H20FN3O3. The lowest BCUT2D eigenvalue weighted by molar-refractivity contribution is -0.142. The Bertz CT molecular complexity index is 944. The summed E-state index contributed by atoms with van der Waals surface area (Å²) in [7, 11) is 3.80. The maximum Gasteiger partial charge on any atom is 0.349 e. The fourth-order valence-corrected chi connectivity index (χ4v) is 2.25. The van der Waals surface area contributed by atoms with Crippen LogP contribution in [0.15, 0.2) is 48.0 Å². The van der Waals surface area contributed by atoms with Crippen LogP contribution in [0.2, 0.25) is 0 Å². The molecule has 0 saturated heterocycles. The molecule has 0 saturated carbocycles. The Morgan fingerprint density at radius 2 is 1.89 bits per heavy atom. The number of amides is 1. The average molecular weight is 381 g/mol. The predicted octanol–water partition coefficient (Wildman–Crippen LogP) is 3.29. The molecule has 2 aromatic rings. The molecule has 2 aromatic carbocycles. The maximum atomic E-state index is 13.5. The standard InChI is InChI=1S/C21H20FN3O3/c1-14-4-7-17(11-19(14)22)24-20(26)13-28-21(27)16(12-23)10-15-5-8-18(9-6-15)25(2)3/h4-11H,13H2,1-3H3,(H,24,26)/b16-10+. The van der Waals surface area contributed by atoms with Crippen LogP contribution in [0.5, 0.6) is 0 Å². The Kier molecular flexibility index (Phi) is 6.88. The third-order valence-electron chi connectivity index (χ3n) is 3.85. The topological polar surface area (TPSA) is 82.4 Å². The molecule has 0 atom stereocenters. The number of carbonyl (C=O) groups is 2. The average Bonchev–Trinajstić information content (AvgIpc) is 2.67. The highest BCUT2D eigenvalue weighted by Gasteiger charge is 2.14. The highest BCUT2D eigenvalue weighted by atomic mass is 19.1. The number of rotatable bonds is 6. The summed E-state index contributed by atoms with van der Waals surface area (Å²) in [6.07, 6.45) is 1.38. The van der Waals surface area contributed by atoms with Crippen molar-refractivity contribution in [2.24, 2.45) is 0 Å². The molecule has 0 spiro atoms. The van der Waals surface area contributed by atoms with Gasteiger partial charge in [-0.05, 0) is 48.4 Å². The molecule has 0 heterocycles. The van der Waals surface area contributed by atoms with Crippen LogP contribution in [-0.4, -0.2) is 32.6 Å². The van der Waals surface area contributed by atoms with Crippen molar-refractivity contribution in [2.75, 3.05) is 30.9 Å². The fourth-order valence-electron chi connectivity index (χ4n) is 2.25. The fraction of sp³-hybridized carbons (Fsp3) is 0.190. The zero-order valence-corrected chi connectivity index (χ0v) is 15.8. The minimum atomic E-state index is -0.913. The number of hydrogen-bond donors (Lipinski definition) is 1. The molecule has 0 fully saturated rings. The Labute approximate surface area is 162 Å². The summed E-state index contributed by atoms with van der Waals surface area (Å²) >= 11 is 0. The monoisotopic (exact) mass is 381 g/mol. The molecule has 7 heteroatoms. The van der Waals surface area contributed by atoms with Crippen molar-refractivity contribution in [2.45, 2.75) is 6.92 Å². The molecule has 28 heavy (non-hydrogen) atoms. The number of benzene rings is 2. The maximum absolute atomic E-state index is 13.5.